The fraction of sp³-hybridized carbons (Fsp3) is 0.862. The van der Waals surface area contributed by atoms with Gasteiger partial charge >= 0.3 is 5.97 Å². The fourth-order valence-electron chi connectivity index (χ4n) is 9.74. The molecule has 14 atom stereocenters. The van der Waals surface area contributed by atoms with Crippen molar-refractivity contribution in [2.75, 3.05) is 6.61 Å². The van der Waals surface area contributed by atoms with Crippen LogP contribution in [-0.4, -0.2) is 104 Å². The van der Waals surface area contributed by atoms with E-state index < -0.39 is 76.8 Å². The van der Waals surface area contributed by atoms with Crippen LogP contribution in [0.15, 0.2) is 11.6 Å². The van der Waals surface area contributed by atoms with Crippen molar-refractivity contribution in [3.05, 3.63) is 11.6 Å². The molecule has 224 valence electrons. The van der Waals surface area contributed by atoms with Crippen LogP contribution in [-0.2, 0) is 23.8 Å². The summed E-state index contributed by atoms with van der Waals surface area (Å²) in [6, 6.07) is 0. The summed E-state index contributed by atoms with van der Waals surface area (Å²) < 4.78 is 16.8. The zero-order valence-corrected chi connectivity index (χ0v) is 23.0. The van der Waals surface area contributed by atoms with E-state index in [0.717, 1.165) is 11.9 Å². The highest BCUT2D eigenvalue weighted by Gasteiger charge is 2.74. The van der Waals surface area contributed by atoms with Crippen molar-refractivity contribution in [2.24, 2.45) is 28.6 Å². The first-order chi connectivity index (χ1) is 18.8. The molecule has 40 heavy (non-hydrogen) atoms. The minimum Gasteiger partial charge on any atom is -0.458 e. The summed E-state index contributed by atoms with van der Waals surface area (Å²) in [5.41, 5.74) is -4.09. The number of hydrogen-bond donors (Lipinski definition) is 6. The molecule has 11 nitrogen and oxygen atoms in total. The average Bonchev–Trinajstić information content (AvgIpc) is 3.46. The van der Waals surface area contributed by atoms with Crippen molar-refractivity contribution in [3.63, 3.8) is 0 Å². The summed E-state index contributed by atoms with van der Waals surface area (Å²) >= 11 is 0. The lowest BCUT2D eigenvalue weighted by Gasteiger charge is -2.66. The second kappa shape index (κ2) is 9.54. The van der Waals surface area contributed by atoms with Gasteiger partial charge in [-0.25, -0.2) is 4.79 Å². The molecule has 4 aliphatic carbocycles. The SMILES string of the molecule is CC1O[C@H](OC2CCC3(C=O)C4CC(O)C5(C)C(C6=CC(=O)OC6)CCC5(O)C4CCC3(O)C2)C(O)C(O)C1O. The van der Waals surface area contributed by atoms with E-state index in [1.54, 1.807) is 6.92 Å². The Labute approximate surface area is 233 Å². The maximum atomic E-state index is 13.0. The van der Waals surface area contributed by atoms with Gasteiger partial charge in [0.15, 0.2) is 6.29 Å². The van der Waals surface area contributed by atoms with Crippen LogP contribution in [0.2, 0.25) is 0 Å². The van der Waals surface area contributed by atoms with Crippen molar-refractivity contribution in [1.82, 2.24) is 0 Å². The van der Waals surface area contributed by atoms with Crippen LogP contribution in [0.4, 0.5) is 0 Å². The Bertz CT molecular complexity index is 1080. The van der Waals surface area contributed by atoms with E-state index in [1.807, 2.05) is 6.92 Å². The molecular formula is C29H42O11. The highest BCUT2D eigenvalue weighted by Crippen LogP contribution is 2.70. The Hall–Kier alpha value is -1.44. The van der Waals surface area contributed by atoms with E-state index in [2.05, 4.69) is 0 Å². The predicted octanol–water partition coefficient (Wildman–Crippen LogP) is -0.279. The van der Waals surface area contributed by atoms with E-state index in [9.17, 15) is 40.2 Å². The van der Waals surface area contributed by atoms with Crippen LogP contribution in [0.5, 0.6) is 0 Å². The maximum absolute atomic E-state index is 13.0. The van der Waals surface area contributed by atoms with Gasteiger partial charge in [0.05, 0.1) is 34.9 Å². The molecule has 2 aliphatic heterocycles. The molecule has 2 heterocycles. The lowest BCUT2D eigenvalue weighted by atomic mass is 9.41. The summed E-state index contributed by atoms with van der Waals surface area (Å²) in [6.45, 7) is 3.61. The molecule has 6 rings (SSSR count). The van der Waals surface area contributed by atoms with Gasteiger partial charge in [-0.3, -0.25) is 0 Å². The van der Waals surface area contributed by atoms with Gasteiger partial charge in [-0.2, -0.15) is 0 Å². The summed E-state index contributed by atoms with van der Waals surface area (Å²) in [5, 5.41) is 66.7. The van der Waals surface area contributed by atoms with Gasteiger partial charge in [-0.15, -0.1) is 0 Å². The van der Waals surface area contributed by atoms with Crippen LogP contribution >= 0.6 is 0 Å². The molecule has 0 bridgehead atoms. The molecule has 0 spiro atoms. The van der Waals surface area contributed by atoms with Gasteiger partial charge in [-0.1, -0.05) is 6.92 Å². The summed E-state index contributed by atoms with van der Waals surface area (Å²) in [4.78, 5) is 24.8. The van der Waals surface area contributed by atoms with Gasteiger partial charge in [0, 0.05) is 17.9 Å². The molecule has 6 aliphatic rings. The Morgan fingerprint density at radius 3 is 2.42 bits per heavy atom. The number of aliphatic hydroxyl groups is 6. The van der Waals surface area contributed by atoms with Crippen LogP contribution < -0.4 is 0 Å². The second-order valence-electron chi connectivity index (χ2n) is 13.5. The minimum atomic E-state index is -1.47. The van der Waals surface area contributed by atoms with Crippen molar-refractivity contribution in [1.29, 1.82) is 0 Å². The standard InChI is InChI=1S/C29H42O11/c1-14-22(33)23(34)24(35)25(39-14)40-16-3-6-27(13-30)19-10-20(31)26(2)17(15-9-21(32)38-12-15)5-8-29(26,37)18(19)4-7-28(27,36)11-16/h9,13-14,16-20,22-25,31,33-37H,3-8,10-12H2,1-2H3/t14?,16?,17?,18?,19?,20?,22?,23?,24?,25-,26?,27?,28?,29?/m1/s1. The second-order valence-corrected chi connectivity index (χ2v) is 13.5. The first kappa shape index (κ1) is 28.7. The number of hydrogen-bond acceptors (Lipinski definition) is 11. The number of carbonyl (C=O) groups is 2. The molecule has 13 unspecified atom stereocenters. The third-order valence-electron chi connectivity index (χ3n) is 12.1. The van der Waals surface area contributed by atoms with Gasteiger partial charge < -0.3 is 49.6 Å². The normalized spacial score (nSPS) is 56.0. The van der Waals surface area contributed by atoms with Gasteiger partial charge in [-0.05, 0) is 75.2 Å². The highest BCUT2D eigenvalue weighted by atomic mass is 16.7. The first-order valence-corrected chi connectivity index (χ1v) is 14.6. The smallest absolute Gasteiger partial charge is 0.331 e. The molecule has 6 N–H and O–H groups in total. The van der Waals surface area contributed by atoms with Gasteiger partial charge in [0.25, 0.3) is 0 Å². The number of cyclic esters (lactones) is 1. The largest absolute Gasteiger partial charge is 0.458 e. The van der Waals surface area contributed by atoms with E-state index in [1.165, 1.54) is 6.08 Å². The number of rotatable bonds is 4. The number of esters is 1. The molecule has 11 heteroatoms. The van der Waals surface area contributed by atoms with Crippen LogP contribution in [0, 0.1) is 28.6 Å². The summed E-state index contributed by atoms with van der Waals surface area (Å²) in [5.74, 6) is -1.42. The van der Waals surface area contributed by atoms with Gasteiger partial charge in [0.2, 0.25) is 0 Å². The van der Waals surface area contributed by atoms with Crippen LogP contribution in [0.25, 0.3) is 0 Å². The molecule has 0 aromatic rings. The minimum absolute atomic E-state index is 0.0926. The average molecular weight is 567 g/mol. The number of fused-ring (bicyclic) bond motifs is 5. The van der Waals surface area contributed by atoms with E-state index in [4.69, 9.17) is 14.2 Å². The topological polar surface area (TPSA) is 183 Å². The Balaban J connectivity index is 1.25. The van der Waals surface area contributed by atoms with Crippen LogP contribution in [0.3, 0.4) is 0 Å². The van der Waals surface area contributed by atoms with Crippen molar-refractivity contribution in [2.45, 2.75) is 119 Å². The molecule has 1 saturated heterocycles. The number of aldehydes is 1. The Kier molecular flexibility index (Phi) is 6.83. The van der Waals surface area contributed by atoms with E-state index >= 15 is 0 Å². The van der Waals surface area contributed by atoms with Gasteiger partial charge in [0.1, 0.15) is 31.2 Å². The maximum Gasteiger partial charge on any atom is 0.331 e. The van der Waals surface area contributed by atoms with Crippen molar-refractivity contribution >= 4 is 12.3 Å². The fourth-order valence-corrected chi connectivity index (χ4v) is 9.74. The molecule has 0 aromatic heterocycles. The molecular weight excluding hydrogens is 524 g/mol. The number of aliphatic hydroxyl groups excluding tert-OH is 4. The zero-order chi connectivity index (χ0) is 28.8. The van der Waals surface area contributed by atoms with Crippen LogP contribution in [0.1, 0.15) is 65.2 Å². The lowest BCUT2D eigenvalue weighted by Crippen LogP contribution is -2.71. The Morgan fingerprint density at radius 1 is 1.00 bits per heavy atom. The third kappa shape index (κ3) is 3.71. The third-order valence-corrected chi connectivity index (χ3v) is 12.1. The van der Waals surface area contributed by atoms with E-state index in [0.29, 0.717) is 25.7 Å². The number of carbonyl (C=O) groups excluding carboxylic acids is 2. The first-order valence-electron chi connectivity index (χ1n) is 14.6. The Morgan fingerprint density at radius 2 is 1.75 bits per heavy atom. The molecule has 5 fully saturated rings. The van der Waals surface area contributed by atoms with Crippen molar-refractivity contribution in [3.8, 4) is 0 Å². The molecule has 4 saturated carbocycles. The van der Waals surface area contributed by atoms with Crippen molar-refractivity contribution < 1.29 is 54.4 Å². The lowest BCUT2D eigenvalue weighted by molar-refractivity contribution is -0.319. The quantitative estimate of drug-likeness (QED) is 0.149. The van der Waals surface area contributed by atoms with E-state index in [-0.39, 0.29) is 44.1 Å². The molecule has 0 amide bonds. The monoisotopic (exact) mass is 566 g/mol. The predicted molar refractivity (Wildman–Crippen MR) is 136 cm³/mol. The molecule has 0 radical (unpaired) electrons. The highest BCUT2D eigenvalue weighted by molar-refractivity contribution is 5.85. The summed E-state index contributed by atoms with van der Waals surface area (Å²) in [7, 11) is 0. The zero-order valence-electron chi connectivity index (χ0n) is 23.0. The summed E-state index contributed by atoms with van der Waals surface area (Å²) in [6.07, 6.45) is -2.70. The number of ether oxygens (including phenoxy) is 3. The molecule has 0 aromatic carbocycles.